The summed E-state index contributed by atoms with van der Waals surface area (Å²) in [4.78, 5) is 28.3. The zero-order chi connectivity index (χ0) is 18.2. The Kier molecular flexibility index (Phi) is 6.71. The van der Waals surface area contributed by atoms with Crippen LogP contribution in [0.3, 0.4) is 0 Å². The molecule has 0 saturated heterocycles. The molecule has 5 heteroatoms. The second-order valence-corrected chi connectivity index (χ2v) is 5.77. The highest BCUT2D eigenvalue weighted by atomic mass is 16.7. The van der Waals surface area contributed by atoms with Gasteiger partial charge < -0.3 is 9.53 Å². The molecular formula is C20H23NO4. The van der Waals surface area contributed by atoms with Crippen molar-refractivity contribution in [1.29, 1.82) is 0 Å². The Balaban J connectivity index is 2.12. The number of rotatable bonds is 9. The van der Waals surface area contributed by atoms with E-state index in [4.69, 9.17) is 9.57 Å². The molecule has 0 aliphatic heterocycles. The van der Waals surface area contributed by atoms with Gasteiger partial charge >= 0.3 is 5.97 Å². The predicted octanol–water partition coefficient (Wildman–Crippen LogP) is 3.28. The van der Waals surface area contributed by atoms with Crippen LogP contribution in [-0.2, 0) is 25.6 Å². The molecule has 2 aromatic carbocycles. The molecule has 0 heterocycles. The lowest BCUT2D eigenvalue weighted by Crippen LogP contribution is -2.34. The largest absolute Gasteiger partial charge is 0.467 e. The van der Waals surface area contributed by atoms with Crippen LogP contribution in [0.25, 0.3) is 10.8 Å². The monoisotopic (exact) mass is 341 g/mol. The van der Waals surface area contributed by atoms with Crippen LogP contribution >= 0.6 is 0 Å². The van der Waals surface area contributed by atoms with Gasteiger partial charge in [-0.25, -0.2) is 4.79 Å². The van der Waals surface area contributed by atoms with E-state index in [0.29, 0.717) is 25.0 Å². The normalized spacial score (nSPS) is 11.8. The van der Waals surface area contributed by atoms with Crippen LogP contribution < -0.4 is 0 Å². The molecule has 0 aliphatic rings. The van der Waals surface area contributed by atoms with Gasteiger partial charge in [-0.05, 0) is 22.8 Å². The van der Waals surface area contributed by atoms with Gasteiger partial charge in [0.25, 0.3) is 0 Å². The third kappa shape index (κ3) is 5.16. The number of allylic oxidation sites excluding steroid dienone is 1. The van der Waals surface area contributed by atoms with E-state index in [1.54, 1.807) is 7.05 Å². The molecule has 0 radical (unpaired) electrons. The number of hydrogen-bond acceptors (Lipinski definition) is 5. The van der Waals surface area contributed by atoms with Crippen molar-refractivity contribution in [3.8, 4) is 0 Å². The molecule has 132 valence electrons. The Bertz CT molecular complexity index is 756. The van der Waals surface area contributed by atoms with Crippen molar-refractivity contribution in [3.05, 3.63) is 60.3 Å². The molecule has 2 rings (SSSR count). The van der Waals surface area contributed by atoms with Crippen LogP contribution in [0.1, 0.15) is 18.4 Å². The van der Waals surface area contributed by atoms with Crippen LogP contribution in [-0.4, -0.2) is 37.6 Å². The molecule has 1 atom stereocenters. The molecule has 0 aromatic heterocycles. The number of methoxy groups -OCH3 is 1. The first-order valence-corrected chi connectivity index (χ1v) is 8.12. The fourth-order valence-electron chi connectivity index (χ4n) is 2.52. The summed E-state index contributed by atoms with van der Waals surface area (Å²) in [6, 6.07) is 14.1. The summed E-state index contributed by atoms with van der Waals surface area (Å²) >= 11 is 0. The first-order chi connectivity index (χ1) is 12.0. The van der Waals surface area contributed by atoms with Crippen molar-refractivity contribution in [2.75, 3.05) is 14.2 Å². The second kappa shape index (κ2) is 8.99. The number of carbonyl (C=O) groups is 2. The van der Waals surface area contributed by atoms with Crippen molar-refractivity contribution in [3.63, 3.8) is 0 Å². The Morgan fingerprint density at radius 2 is 1.96 bits per heavy atom. The Morgan fingerprint density at radius 3 is 2.64 bits per heavy atom. The third-order valence-electron chi connectivity index (χ3n) is 3.98. The van der Waals surface area contributed by atoms with Crippen LogP contribution in [0, 0.1) is 0 Å². The summed E-state index contributed by atoms with van der Waals surface area (Å²) in [5.74, 6) is -0.455. The highest BCUT2D eigenvalue weighted by Crippen LogP contribution is 2.19. The number of hydrogen-bond donors (Lipinski definition) is 0. The molecule has 0 fully saturated rings. The van der Waals surface area contributed by atoms with Gasteiger partial charge in [0.05, 0.1) is 7.11 Å². The zero-order valence-electron chi connectivity index (χ0n) is 14.6. The molecule has 0 spiro atoms. The Morgan fingerprint density at radius 1 is 1.24 bits per heavy atom. The van der Waals surface area contributed by atoms with Gasteiger partial charge in [0, 0.05) is 25.6 Å². The molecule has 0 bridgehead atoms. The highest BCUT2D eigenvalue weighted by Gasteiger charge is 2.23. The van der Waals surface area contributed by atoms with Crippen LogP contribution in [0.2, 0.25) is 0 Å². The lowest BCUT2D eigenvalue weighted by molar-refractivity contribution is -0.190. The summed E-state index contributed by atoms with van der Waals surface area (Å²) < 4.78 is 4.86. The van der Waals surface area contributed by atoms with E-state index >= 15 is 0 Å². The van der Waals surface area contributed by atoms with Gasteiger partial charge in [0.15, 0.2) is 6.10 Å². The summed E-state index contributed by atoms with van der Waals surface area (Å²) in [6.07, 6.45) is 1.25. The maximum absolute atomic E-state index is 12.1. The number of fused-ring (bicyclic) bond motifs is 1. The van der Waals surface area contributed by atoms with Gasteiger partial charge in [-0.2, -0.15) is 0 Å². The molecule has 0 saturated carbocycles. The summed E-state index contributed by atoms with van der Waals surface area (Å²) in [6.45, 7) is 3.87. The van der Waals surface area contributed by atoms with E-state index in [0.717, 1.165) is 22.6 Å². The predicted molar refractivity (Wildman–Crippen MR) is 96.7 cm³/mol. The van der Waals surface area contributed by atoms with Crippen molar-refractivity contribution in [2.45, 2.75) is 25.4 Å². The van der Waals surface area contributed by atoms with Gasteiger partial charge in [0.1, 0.15) is 6.29 Å². The van der Waals surface area contributed by atoms with E-state index in [1.807, 2.05) is 42.5 Å². The number of ether oxygens (including phenoxy) is 1. The molecule has 5 nitrogen and oxygen atoms in total. The van der Waals surface area contributed by atoms with E-state index in [-0.39, 0.29) is 0 Å². The quantitative estimate of drug-likeness (QED) is 0.398. The maximum Gasteiger partial charge on any atom is 0.338 e. The maximum atomic E-state index is 12.1. The topological polar surface area (TPSA) is 55.8 Å². The van der Waals surface area contributed by atoms with Gasteiger partial charge in [-0.15, -0.1) is 0 Å². The standard InChI is InChI=1S/C20H23NO4/c1-15(7-6-12-22)21(2)25-19(20(23)24-3)14-16-10-11-17-8-4-5-9-18(17)13-16/h4-5,8-13,19H,1,6-7,14H2,2-3H3. The molecule has 0 aliphatic carbocycles. The van der Waals surface area contributed by atoms with Crippen molar-refractivity contribution >= 4 is 23.0 Å². The highest BCUT2D eigenvalue weighted by molar-refractivity contribution is 5.83. The fourth-order valence-corrected chi connectivity index (χ4v) is 2.52. The number of aldehydes is 1. The number of esters is 1. The number of hydroxylamine groups is 2. The summed E-state index contributed by atoms with van der Waals surface area (Å²) in [7, 11) is 3.00. The summed E-state index contributed by atoms with van der Waals surface area (Å²) in [5.41, 5.74) is 1.60. The number of benzene rings is 2. The third-order valence-corrected chi connectivity index (χ3v) is 3.98. The smallest absolute Gasteiger partial charge is 0.338 e. The SMILES string of the molecule is C=C(CCC=O)N(C)OC(Cc1ccc2ccccc2c1)C(=O)OC. The molecule has 1 unspecified atom stereocenters. The summed E-state index contributed by atoms with van der Waals surface area (Å²) in [5, 5.41) is 3.68. The van der Waals surface area contributed by atoms with E-state index in [9.17, 15) is 9.59 Å². The number of carbonyl (C=O) groups excluding carboxylic acids is 2. The first-order valence-electron chi connectivity index (χ1n) is 8.12. The fraction of sp³-hybridized carbons (Fsp3) is 0.300. The average Bonchev–Trinajstić information content (AvgIpc) is 2.64. The molecule has 0 amide bonds. The van der Waals surface area contributed by atoms with E-state index in [1.165, 1.54) is 12.2 Å². The Hall–Kier alpha value is -2.66. The first kappa shape index (κ1) is 18.7. The molecule has 2 aromatic rings. The van der Waals surface area contributed by atoms with E-state index < -0.39 is 12.1 Å². The minimum absolute atomic E-state index is 0.361. The van der Waals surface area contributed by atoms with Crippen LogP contribution in [0.15, 0.2) is 54.7 Å². The lowest BCUT2D eigenvalue weighted by atomic mass is 10.0. The van der Waals surface area contributed by atoms with Crippen molar-refractivity contribution in [1.82, 2.24) is 5.06 Å². The van der Waals surface area contributed by atoms with Crippen molar-refractivity contribution in [2.24, 2.45) is 0 Å². The van der Waals surface area contributed by atoms with Gasteiger partial charge in [-0.3, -0.25) is 9.90 Å². The second-order valence-electron chi connectivity index (χ2n) is 5.77. The minimum atomic E-state index is -0.788. The molecular weight excluding hydrogens is 318 g/mol. The van der Waals surface area contributed by atoms with E-state index in [2.05, 4.69) is 6.58 Å². The van der Waals surface area contributed by atoms with Crippen LogP contribution in [0.4, 0.5) is 0 Å². The Labute approximate surface area is 147 Å². The molecule has 0 N–H and O–H groups in total. The molecule has 25 heavy (non-hydrogen) atoms. The minimum Gasteiger partial charge on any atom is -0.467 e. The van der Waals surface area contributed by atoms with Gasteiger partial charge in [-0.1, -0.05) is 49.0 Å². The average molecular weight is 341 g/mol. The zero-order valence-corrected chi connectivity index (χ0v) is 14.6. The lowest BCUT2D eigenvalue weighted by Gasteiger charge is -2.25. The van der Waals surface area contributed by atoms with Crippen LogP contribution in [0.5, 0.6) is 0 Å². The van der Waals surface area contributed by atoms with Gasteiger partial charge in [0.2, 0.25) is 0 Å². The number of nitrogens with zero attached hydrogens (tertiary/aromatic N) is 1. The van der Waals surface area contributed by atoms with Crippen molar-refractivity contribution < 1.29 is 19.2 Å².